The number of hydrogen-bond acceptors (Lipinski definition) is 5. The van der Waals surface area contributed by atoms with Gasteiger partial charge in [0.2, 0.25) is 5.78 Å². The molecule has 1 aliphatic rings. The highest BCUT2D eigenvalue weighted by Crippen LogP contribution is 2.34. The maximum atomic E-state index is 11.9. The SMILES string of the molecule is COc1ccc(OC)c2c1C(=O)C=C(N)C2=O. The van der Waals surface area contributed by atoms with E-state index in [1.807, 2.05) is 0 Å². The Labute approximate surface area is 97.8 Å². The first-order valence-electron chi connectivity index (χ1n) is 4.91. The molecule has 5 heteroatoms. The van der Waals surface area contributed by atoms with E-state index in [4.69, 9.17) is 15.2 Å². The van der Waals surface area contributed by atoms with Crippen LogP contribution in [0, 0.1) is 0 Å². The largest absolute Gasteiger partial charge is 0.496 e. The van der Waals surface area contributed by atoms with Gasteiger partial charge in [-0.25, -0.2) is 0 Å². The molecular weight excluding hydrogens is 222 g/mol. The van der Waals surface area contributed by atoms with Crippen LogP contribution in [0.3, 0.4) is 0 Å². The van der Waals surface area contributed by atoms with Gasteiger partial charge in [0.15, 0.2) is 5.78 Å². The Kier molecular flexibility index (Phi) is 2.59. The number of rotatable bonds is 2. The van der Waals surface area contributed by atoms with Crippen molar-refractivity contribution in [2.24, 2.45) is 5.73 Å². The Bertz CT molecular complexity index is 546. The zero-order valence-electron chi connectivity index (χ0n) is 9.44. The second-order valence-corrected chi connectivity index (χ2v) is 3.51. The van der Waals surface area contributed by atoms with Gasteiger partial charge in [-0.3, -0.25) is 9.59 Å². The molecule has 2 rings (SSSR count). The van der Waals surface area contributed by atoms with E-state index in [-0.39, 0.29) is 22.6 Å². The number of carbonyl (C=O) groups is 2. The third kappa shape index (κ3) is 1.56. The lowest BCUT2D eigenvalue weighted by atomic mass is 9.91. The third-order valence-corrected chi connectivity index (χ3v) is 2.59. The van der Waals surface area contributed by atoms with E-state index in [2.05, 4.69) is 0 Å². The Morgan fingerprint density at radius 3 is 2.06 bits per heavy atom. The molecule has 5 nitrogen and oxygen atoms in total. The van der Waals surface area contributed by atoms with Crippen molar-refractivity contribution in [1.82, 2.24) is 0 Å². The van der Waals surface area contributed by atoms with Crippen LogP contribution >= 0.6 is 0 Å². The molecule has 0 amide bonds. The zero-order valence-corrected chi connectivity index (χ0v) is 9.44. The van der Waals surface area contributed by atoms with Crippen molar-refractivity contribution in [1.29, 1.82) is 0 Å². The average molecular weight is 233 g/mol. The Balaban J connectivity index is 2.78. The summed E-state index contributed by atoms with van der Waals surface area (Å²) >= 11 is 0. The standard InChI is InChI=1S/C12H11NO4/c1-16-8-3-4-9(17-2)11-10(8)7(14)5-6(13)12(11)15/h3-5H,13H2,1-2H3. The summed E-state index contributed by atoms with van der Waals surface area (Å²) in [5, 5.41) is 0. The van der Waals surface area contributed by atoms with Gasteiger partial charge >= 0.3 is 0 Å². The molecule has 2 N–H and O–H groups in total. The van der Waals surface area contributed by atoms with Gasteiger partial charge in [-0.1, -0.05) is 0 Å². The number of fused-ring (bicyclic) bond motifs is 1. The molecule has 0 saturated heterocycles. The summed E-state index contributed by atoms with van der Waals surface area (Å²) in [4.78, 5) is 23.8. The van der Waals surface area contributed by atoms with Crippen LogP contribution in [0.5, 0.6) is 11.5 Å². The van der Waals surface area contributed by atoms with E-state index < -0.39 is 5.78 Å². The zero-order chi connectivity index (χ0) is 12.6. The molecule has 0 aromatic heterocycles. The van der Waals surface area contributed by atoms with Crippen LogP contribution in [-0.4, -0.2) is 25.8 Å². The lowest BCUT2D eigenvalue weighted by molar-refractivity contribution is 0.0978. The highest BCUT2D eigenvalue weighted by molar-refractivity contribution is 6.26. The molecule has 1 aromatic rings. The number of Topliss-reactive ketones (excluding diaryl/α,β-unsaturated/α-hetero) is 1. The highest BCUT2D eigenvalue weighted by Gasteiger charge is 2.30. The number of ketones is 2. The molecule has 0 saturated carbocycles. The fourth-order valence-corrected chi connectivity index (χ4v) is 1.80. The van der Waals surface area contributed by atoms with Crippen molar-refractivity contribution in [2.45, 2.75) is 0 Å². The summed E-state index contributed by atoms with van der Waals surface area (Å²) in [6, 6.07) is 3.15. The summed E-state index contributed by atoms with van der Waals surface area (Å²) in [5.74, 6) is -0.124. The molecule has 0 bridgehead atoms. The normalized spacial score (nSPS) is 14.1. The molecule has 17 heavy (non-hydrogen) atoms. The molecule has 1 aromatic carbocycles. The van der Waals surface area contributed by atoms with Crippen molar-refractivity contribution in [2.75, 3.05) is 14.2 Å². The van der Waals surface area contributed by atoms with E-state index in [1.54, 1.807) is 12.1 Å². The van der Waals surface area contributed by atoms with Crippen molar-refractivity contribution >= 4 is 11.6 Å². The van der Waals surface area contributed by atoms with E-state index in [1.165, 1.54) is 14.2 Å². The van der Waals surface area contributed by atoms with E-state index >= 15 is 0 Å². The molecule has 0 atom stereocenters. The highest BCUT2D eigenvalue weighted by atomic mass is 16.5. The minimum absolute atomic E-state index is 0.0888. The Morgan fingerprint density at radius 2 is 1.53 bits per heavy atom. The van der Waals surface area contributed by atoms with Crippen LogP contribution in [0.4, 0.5) is 0 Å². The van der Waals surface area contributed by atoms with Crippen molar-refractivity contribution < 1.29 is 19.1 Å². The number of methoxy groups -OCH3 is 2. The van der Waals surface area contributed by atoms with Crippen molar-refractivity contribution in [3.05, 3.63) is 35.0 Å². The summed E-state index contributed by atoms with van der Waals surface area (Å²) in [7, 11) is 2.86. The summed E-state index contributed by atoms with van der Waals surface area (Å²) in [6.07, 6.45) is 1.10. The predicted molar refractivity (Wildman–Crippen MR) is 60.5 cm³/mol. The number of hydrogen-bond donors (Lipinski definition) is 1. The molecule has 1 aliphatic carbocycles. The Morgan fingerprint density at radius 1 is 1.00 bits per heavy atom. The number of benzene rings is 1. The van der Waals surface area contributed by atoms with Crippen LogP contribution < -0.4 is 15.2 Å². The Hall–Kier alpha value is -2.30. The third-order valence-electron chi connectivity index (χ3n) is 2.59. The molecule has 0 unspecified atom stereocenters. The lowest BCUT2D eigenvalue weighted by Crippen LogP contribution is -2.23. The summed E-state index contributed by atoms with van der Waals surface area (Å²) in [6.45, 7) is 0. The van der Waals surface area contributed by atoms with Crippen molar-refractivity contribution in [3.63, 3.8) is 0 Å². The summed E-state index contributed by atoms with van der Waals surface area (Å²) < 4.78 is 10.1. The van der Waals surface area contributed by atoms with Gasteiger partial charge < -0.3 is 15.2 Å². The molecular formula is C12H11NO4. The lowest BCUT2D eigenvalue weighted by Gasteiger charge is -2.18. The van der Waals surface area contributed by atoms with E-state index in [9.17, 15) is 9.59 Å². The molecule has 0 radical (unpaired) electrons. The van der Waals surface area contributed by atoms with Crippen LogP contribution in [0.1, 0.15) is 20.7 Å². The molecule has 0 fully saturated rings. The van der Waals surface area contributed by atoms with Crippen LogP contribution in [0.15, 0.2) is 23.9 Å². The molecule has 88 valence electrons. The first-order valence-corrected chi connectivity index (χ1v) is 4.91. The minimum Gasteiger partial charge on any atom is -0.496 e. The van der Waals surface area contributed by atoms with Gasteiger partial charge in [0.05, 0.1) is 31.0 Å². The quantitative estimate of drug-likeness (QED) is 0.821. The fraction of sp³-hybridized carbons (Fsp3) is 0.167. The monoisotopic (exact) mass is 233 g/mol. The molecule has 0 aliphatic heterocycles. The second kappa shape index (κ2) is 3.93. The fourth-order valence-electron chi connectivity index (χ4n) is 1.80. The number of nitrogens with two attached hydrogens (primary N) is 1. The number of ether oxygens (including phenoxy) is 2. The maximum Gasteiger partial charge on any atom is 0.213 e. The van der Waals surface area contributed by atoms with Gasteiger partial charge in [0, 0.05) is 6.08 Å². The van der Waals surface area contributed by atoms with Gasteiger partial charge in [0.25, 0.3) is 0 Å². The average Bonchev–Trinajstić information content (AvgIpc) is 2.34. The van der Waals surface area contributed by atoms with E-state index in [0.717, 1.165) is 6.08 Å². The first-order chi connectivity index (χ1) is 8.10. The topological polar surface area (TPSA) is 78.6 Å². The summed E-state index contributed by atoms with van der Waals surface area (Å²) in [5.41, 5.74) is 5.77. The van der Waals surface area contributed by atoms with Gasteiger partial charge in [-0.05, 0) is 12.1 Å². The van der Waals surface area contributed by atoms with Gasteiger partial charge in [-0.15, -0.1) is 0 Å². The first kappa shape index (κ1) is 11.2. The smallest absolute Gasteiger partial charge is 0.213 e. The van der Waals surface area contributed by atoms with Gasteiger partial charge in [0.1, 0.15) is 11.5 Å². The molecule has 0 spiro atoms. The second-order valence-electron chi connectivity index (χ2n) is 3.51. The van der Waals surface area contributed by atoms with Gasteiger partial charge in [-0.2, -0.15) is 0 Å². The van der Waals surface area contributed by atoms with Crippen LogP contribution in [0.2, 0.25) is 0 Å². The number of carbonyl (C=O) groups excluding carboxylic acids is 2. The molecule has 0 heterocycles. The van der Waals surface area contributed by atoms with E-state index in [0.29, 0.717) is 11.5 Å². The van der Waals surface area contributed by atoms with Crippen molar-refractivity contribution in [3.8, 4) is 11.5 Å². The predicted octanol–water partition coefficient (Wildman–Crippen LogP) is 0.925. The van der Waals surface area contributed by atoms with Crippen LogP contribution in [-0.2, 0) is 0 Å². The number of allylic oxidation sites excluding steroid dienone is 2. The maximum absolute atomic E-state index is 11.9. The van der Waals surface area contributed by atoms with Crippen LogP contribution in [0.25, 0.3) is 0 Å². The minimum atomic E-state index is -0.421.